The van der Waals surface area contributed by atoms with Crippen molar-refractivity contribution in [2.75, 3.05) is 7.11 Å². The average Bonchev–Trinajstić information content (AvgIpc) is 2.36. The third-order valence-corrected chi connectivity index (χ3v) is 2.11. The average molecular weight is 249 g/mol. The van der Waals surface area contributed by atoms with Gasteiger partial charge in [0.15, 0.2) is 5.78 Å². The van der Waals surface area contributed by atoms with E-state index in [2.05, 4.69) is 4.74 Å². The number of ether oxygens (including phenoxy) is 1. The number of hydrogen-bond acceptors (Lipinski definition) is 5. The first-order valence-electron chi connectivity index (χ1n) is 5.05. The summed E-state index contributed by atoms with van der Waals surface area (Å²) < 4.78 is 4.35. The largest absolute Gasteiger partial charge is 0.469 e. The van der Waals surface area contributed by atoms with Crippen molar-refractivity contribution in [2.45, 2.75) is 6.42 Å². The molecule has 0 unspecified atom stereocenters. The number of non-ortho nitro benzene ring substituents is 1. The minimum atomic E-state index is -0.603. The fourth-order valence-corrected chi connectivity index (χ4v) is 1.17. The summed E-state index contributed by atoms with van der Waals surface area (Å²) in [5, 5.41) is 10.4. The molecular formula is C12H11NO5. The van der Waals surface area contributed by atoms with Crippen LogP contribution in [0.3, 0.4) is 0 Å². The van der Waals surface area contributed by atoms with Crippen LogP contribution in [0.2, 0.25) is 0 Å². The number of nitro benzene ring substituents is 1. The number of esters is 1. The fraction of sp³-hybridized carbons (Fsp3) is 0.167. The van der Waals surface area contributed by atoms with Crippen LogP contribution >= 0.6 is 0 Å². The lowest BCUT2D eigenvalue weighted by atomic mass is 10.1. The van der Waals surface area contributed by atoms with Crippen molar-refractivity contribution in [3.8, 4) is 0 Å². The van der Waals surface area contributed by atoms with Crippen LogP contribution in [0.1, 0.15) is 12.0 Å². The zero-order valence-electron chi connectivity index (χ0n) is 9.66. The minimum absolute atomic E-state index is 0.0203. The number of benzene rings is 1. The highest BCUT2D eigenvalue weighted by Gasteiger charge is 2.06. The van der Waals surface area contributed by atoms with Gasteiger partial charge in [0.25, 0.3) is 5.69 Å². The van der Waals surface area contributed by atoms with Crippen LogP contribution < -0.4 is 0 Å². The highest BCUT2D eigenvalue weighted by atomic mass is 16.6. The number of carbonyl (C=O) groups excluding carboxylic acids is 2. The Hall–Kier alpha value is -2.50. The number of ketones is 1. The van der Waals surface area contributed by atoms with E-state index in [9.17, 15) is 19.7 Å². The Morgan fingerprint density at radius 1 is 1.33 bits per heavy atom. The molecule has 0 aliphatic rings. The van der Waals surface area contributed by atoms with Gasteiger partial charge in [0.2, 0.25) is 0 Å². The van der Waals surface area contributed by atoms with Crippen molar-refractivity contribution in [3.05, 3.63) is 46.0 Å². The van der Waals surface area contributed by atoms with E-state index < -0.39 is 10.9 Å². The van der Waals surface area contributed by atoms with Gasteiger partial charge in [-0.25, -0.2) is 0 Å². The summed E-state index contributed by atoms with van der Waals surface area (Å²) in [6.07, 6.45) is 2.40. The first kappa shape index (κ1) is 13.6. The fourth-order valence-electron chi connectivity index (χ4n) is 1.17. The van der Waals surface area contributed by atoms with Gasteiger partial charge in [-0.15, -0.1) is 0 Å². The van der Waals surface area contributed by atoms with E-state index in [0.717, 1.165) is 0 Å². The van der Waals surface area contributed by atoms with Crippen molar-refractivity contribution < 1.29 is 19.2 Å². The van der Waals surface area contributed by atoms with E-state index in [1.165, 1.54) is 43.5 Å². The van der Waals surface area contributed by atoms with Crippen molar-refractivity contribution in [2.24, 2.45) is 0 Å². The van der Waals surface area contributed by atoms with Crippen LogP contribution in [-0.4, -0.2) is 23.8 Å². The standard InChI is InChI=1S/C12H11NO5/c1-18-12(15)8-11(14)7-4-9-2-5-10(6-3-9)13(16)17/h2-7H,8H2,1H3/b7-4+. The summed E-state index contributed by atoms with van der Waals surface area (Å²) in [5.41, 5.74) is 0.617. The molecule has 6 nitrogen and oxygen atoms in total. The normalized spacial score (nSPS) is 10.3. The van der Waals surface area contributed by atoms with Gasteiger partial charge in [-0.2, -0.15) is 0 Å². The lowest BCUT2D eigenvalue weighted by Gasteiger charge is -1.95. The SMILES string of the molecule is COC(=O)CC(=O)/C=C/c1ccc([N+](=O)[O-])cc1. The second-order valence-electron chi connectivity index (χ2n) is 3.40. The molecule has 0 aromatic heterocycles. The Labute approximate surface area is 103 Å². The van der Waals surface area contributed by atoms with Crippen LogP contribution in [0.4, 0.5) is 5.69 Å². The summed E-state index contributed by atoms with van der Waals surface area (Å²) >= 11 is 0. The van der Waals surface area contributed by atoms with E-state index in [1.54, 1.807) is 0 Å². The molecule has 6 heteroatoms. The van der Waals surface area contributed by atoms with E-state index >= 15 is 0 Å². The summed E-state index contributed by atoms with van der Waals surface area (Å²) in [6.45, 7) is 0. The third kappa shape index (κ3) is 4.17. The first-order chi connectivity index (χ1) is 8.52. The van der Waals surface area contributed by atoms with E-state index in [-0.39, 0.29) is 17.9 Å². The van der Waals surface area contributed by atoms with Gasteiger partial charge in [-0.1, -0.05) is 6.08 Å². The van der Waals surface area contributed by atoms with Gasteiger partial charge in [0.05, 0.1) is 12.0 Å². The topological polar surface area (TPSA) is 86.5 Å². The Bertz CT molecular complexity index is 490. The van der Waals surface area contributed by atoms with Crippen LogP contribution in [0.15, 0.2) is 30.3 Å². The molecular weight excluding hydrogens is 238 g/mol. The molecule has 18 heavy (non-hydrogen) atoms. The number of hydrogen-bond donors (Lipinski definition) is 0. The number of methoxy groups -OCH3 is 1. The summed E-state index contributed by atoms with van der Waals surface area (Å²) in [5.74, 6) is -0.992. The molecule has 0 radical (unpaired) electrons. The molecule has 1 aromatic carbocycles. The Balaban J connectivity index is 2.64. The minimum Gasteiger partial charge on any atom is -0.469 e. The predicted molar refractivity (Wildman–Crippen MR) is 63.8 cm³/mol. The zero-order chi connectivity index (χ0) is 13.5. The molecule has 0 amide bonds. The maximum absolute atomic E-state index is 11.3. The quantitative estimate of drug-likeness (QED) is 0.261. The molecule has 94 valence electrons. The molecule has 0 aliphatic heterocycles. The molecule has 1 rings (SSSR count). The van der Waals surface area contributed by atoms with Crippen molar-refractivity contribution >= 4 is 23.5 Å². The molecule has 0 spiro atoms. The lowest BCUT2D eigenvalue weighted by molar-refractivity contribution is -0.384. The smallest absolute Gasteiger partial charge is 0.313 e. The predicted octanol–water partition coefficient (Wildman–Crippen LogP) is 1.74. The van der Waals surface area contributed by atoms with Crippen molar-refractivity contribution in [1.29, 1.82) is 0 Å². The van der Waals surface area contributed by atoms with Gasteiger partial charge >= 0.3 is 5.97 Å². The van der Waals surface area contributed by atoms with Crippen LogP contribution in [0, 0.1) is 10.1 Å². The monoisotopic (exact) mass is 249 g/mol. The zero-order valence-corrected chi connectivity index (χ0v) is 9.66. The molecule has 0 N–H and O–H groups in total. The van der Waals surface area contributed by atoms with E-state index in [1.807, 2.05) is 0 Å². The van der Waals surface area contributed by atoms with Crippen molar-refractivity contribution in [3.63, 3.8) is 0 Å². The van der Waals surface area contributed by atoms with E-state index in [4.69, 9.17) is 0 Å². The van der Waals surface area contributed by atoms with Gasteiger partial charge < -0.3 is 4.74 Å². The molecule has 0 bridgehead atoms. The summed E-state index contributed by atoms with van der Waals surface area (Å²) in [4.78, 5) is 32.0. The highest BCUT2D eigenvalue weighted by Crippen LogP contribution is 2.12. The van der Waals surface area contributed by atoms with E-state index in [0.29, 0.717) is 5.56 Å². The van der Waals surface area contributed by atoms with Gasteiger partial charge in [-0.05, 0) is 23.8 Å². The van der Waals surface area contributed by atoms with Gasteiger partial charge in [0, 0.05) is 12.1 Å². The highest BCUT2D eigenvalue weighted by molar-refractivity contribution is 6.03. The van der Waals surface area contributed by atoms with Crippen LogP contribution in [-0.2, 0) is 14.3 Å². The van der Waals surface area contributed by atoms with Gasteiger partial charge in [0.1, 0.15) is 6.42 Å². The first-order valence-corrected chi connectivity index (χ1v) is 5.05. The Morgan fingerprint density at radius 3 is 2.44 bits per heavy atom. The molecule has 0 saturated heterocycles. The Kier molecular flexibility index (Phi) is 4.74. The number of carbonyl (C=O) groups is 2. The second kappa shape index (κ2) is 6.29. The maximum Gasteiger partial charge on any atom is 0.313 e. The number of allylic oxidation sites excluding steroid dienone is 1. The number of nitro groups is 1. The summed E-state index contributed by atoms with van der Waals surface area (Å²) in [7, 11) is 1.20. The number of rotatable bonds is 5. The third-order valence-electron chi connectivity index (χ3n) is 2.11. The molecule has 1 aromatic rings. The van der Waals surface area contributed by atoms with Gasteiger partial charge in [-0.3, -0.25) is 19.7 Å². The molecule has 0 atom stereocenters. The maximum atomic E-state index is 11.3. The molecule has 0 fully saturated rings. The molecule has 0 heterocycles. The van der Waals surface area contributed by atoms with Crippen LogP contribution in [0.5, 0.6) is 0 Å². The summed E-state index contributed by atoms with van der Waals surface area (Å²) in [6, 6.07) is 5.70. The number of nitrogens with zero attached hydrogens (tertiary/aromatic N) is 1. The van der Waals surface area contributed by atoms with Crippen LogP contribution in [0.25, 0.3) is 6.08 Å². The second-order valence-corrected chi connectivity index (χ2v) is 3.40. The van der Waals surface area contributed by atoms with Crippen molar-refractivity contribution in [1.82, 2.24) is 0 Å². The molecule has 0 aliphatic carbocycles. The lowest BCUT2D eigenvalue weighted by Crippen LogP contribution is -2.06. The Morgan fingerprint density at radius 2 is 1.94 bits per heavy atom. The molecule has 0 saturated carbocycles.